The second-order valence-corrected chi connectivity index (χ2v) is 6.20. The summed E-state index contributed by atoms with van der Waals surface area (Å²) in [5.74, 6) is 2.02. The molecule has 0 saturated heterocycles. The molecule has 19 heavy (non-hydrogen) atoms. The Hall–Kier alpha value is -1.16. The third kappa shape index (κ3) is 5.55. The Bertz CT molecular complexity index is 407. The molecule has 4 heteroatoms. The summed E-state index contributed by atoms with van der Waals surface area (Å²) in [4.78, 5) is 12.3. The SMILES string of the molecule is CCSCC(C)NC(=O)c1ccccc1NC(C)C. The molecule has 0 radical (unpaired) electrons. The smallest absolute Gasteiger partial charge is 0.253 e. The van der Waals surface area contributed by atoms with Crippen LogP contribution in [-0.2, 0) is 0 Å². The summed E-state index contributed by atoms with van der Waals surface area (Å²) in [6, 6.07) is 8.13. The van der Waals surface area contributed by atoms with Gasteiger partial charge in [-0.05, 0) is 38.7 Å². The van der Waals surface area contributed by atoms with Crippen LogP contribution in [0.4, 0.5) is 5.69 Å². The van der Waals surface area contributed by atoms with Gasteiger partial charge in [-0.15, -0.1) is 0 Å². The first-order chi connectivity index (χ1) is 9.04. The Morgan fingerprint density at radius 1 is 1.26 bits per heavy atom. The van der Waals surface area contributed by atoms with Gasteiger partial charge in [-0.25, -0.2) is 0 Å². The monoisotopic (exact) mass is 280 g/mol. The van der Waals surface area contributed by atoms with E-state index in [-0.39, 0.29) is 11.9 Å². The molecule has 1 unspecified atom stereocenters. The molecule has 0 fully saturated rings. The highest BCUT2D eigenvalue weighted by Gasteiger charge is 2.13. The van der Waals surface area contributed by atoms with Crippen molar-refractivity contribution in [2.75, 3.05) is 16.8 Å². The number of anilines is 1. The molecule has 0 saturated carbocycles. The summed E-state index contributed by atoms with van der Waals surface area (Å²) in [6.07, 6.45) is 0. The minimum atomic E-state index is -0.00652. The maximum Gasteiger partial charge on any atom is 0.253 e. The van der Waals surface area contributed by atoms with E-state index >= 15 is 0 Å². The van der Waals surface area contributed by atoms with Crippen LogP contribution in [0.1, 0.15) is 38.1 Å². The molecule has 2 N–H and O–H groups in total. The van der Waals surface area contributed by atoms with Crippen molar-refractivity contribution >= 4 is 23.4 Å². The van der Waals surface area contributed by atoms with Gasteiger partial charge >= 0.3 is 0 Å². The number of carbonyl (C=O) groups excluding carboxylic acids is 1. The van der Waals surface area contributed by atoms with Crippen molar-refractivity contribution in [3.8, 4) is 0 Å². The van der Waals surface area contributed by atoms with E-state index in [0.717, 1.165) is 17.2 Å². The number of hydrogen-bond acceptors (Lipinski definition) is 3. The van der Waals surface area contributed by atoms with E-state index in [2.05, 4.69) is 31.4 Å². The van der Waals surface area contributed by atoms with Crippen LogP contribution in [-0.4, -0.2) is 29.5 Å². The molecule has 106 valence electrons. The van der Waals surface area contributed by atoms with Gasteiger partial charge in [0.15, 0.2) is 0 Å². The number of nitrogens with one attached hydrogen (secondary N) is 2. The first kappa shape index (κ1) is 15.9. The van der Waals surface area contributed by atoms with Gasteiger partial charge in [0, 0.05) is 23.5 Å². The summed E-state index contributed by atoms with van der Waals surface area (Å²) < 4.78 is 0. The van der Waals surface area contributed by atoms with Gasteiger partial charge < -0.3 is 10.6 Å². The van der Waals surface area contributed by atoms with Crippen molar-refractivity contribution < 1.29 is 4.79 Å². The molecule has 1 atom stereocenters. The fourth-order valence-corrected chi connectivity index (χ4v) is 2.43. The predicted molar refractivity (Wildman–Crippen MR) is 85.1 cm³/mol. The number of thioether (sulfide) groups is 1. The highest BCUT2D eigenvalue weighted by molar-refractivity contribution is 7.99. The Balaban J connectivity index is 2.70. The maximum atomic E-state index is 12.3. The lowest BCUT2D eigenvalue weighted by molar-refractivity contribution is 0.0944. The number of rotatable bonds is 7. The van der Waals surface area contributed by atoms with E-state index in [1.165, 1.54) is 0 Å². The molecule has 1 rings (SSSR count). The lowest BCUT2D eigenvalue weighted by atomic mass is 10.1. The van der Waals surface area contributed by atoms with E-state index in [4.69, 9.17) is 0 Å². The minimum Gasteiger partial charge on any atom is -0.382 e. The zero-order valence-corrected chi connectivity index (χ0v) is 13.0. The Morgan fingerprint density at radius 2 is 1.95 bits per heavy atom. The van der Waals surface area contributed by atoms with Gasteiger partial charge in [0.2, 0.25) is 0 Å². The molecular weight excluding hydrogens is 256 g/mol. The molecule has 0 aliphatic heterocycles. The third-order valence-electron chi connectivity index (χ3n) is 2.57. The van der Waals surface area contributed by atoms with Crippen LogP contribution in [0.3, 0.4) is 0 Å². The molecule has 1 aromatic rings. The Morgan fingerprint density at radius 3 is 2.58 bits per heavy atom. The summed E-state index contributed by atoms with van der Waals surface area (Å²) in [5, 5.41) is 6.35. The Labute approximate surface area is 120 Å². The topological polar surface area (TPSA) is 41.1 Å². The van der Waals surface area contributed by atoms with Gasteiger partial charge in [0.05, 0.1) is 5.56 Å². The molecule has 0 aromatic heterocycles. The van der Waals surface area contributed by atoms with Crippen LogP contribution in [0.15, 0.2) is 24.3 Å². The summed E-state index contributed by atoms with van der Waals surface area (Å²) in [6.45, 7) is 8.30. The average molecular weight is 280 g/mol. The van der Waals surface area contributed by atoms with Crippen LogP contribution in [0, 0.1) is 0 Å². The van der Waals surface area contributed by atoms with Crippen LogP contribution < -0.4 is 10.6 Å². The molecule has 0 bridgehead atoms. The fourth-order valence-electron chi connectivity index (χ4n) is 1.76. The van der Waals surface area contributed by atoms with Gasteiger partial charge in [0.25, 0.3) is 5.91 Å². The number of amides is 1. The van der Waals surface area contributed by atoms with E-state index < -0.39 is 0 Å². The van der Waals surface area contributed by atoms with E-state index in [1.54, 1.807) is 0 Å². The third-order valence-corrected chi connectivity index (χ3v) is 3.71. The largest absolute Gasteiger partial charge is 0.382 e. The van der Waals surface area contributed by atoms with Gasteiger partial charge in [0.1, 0.15) is 0 Å². The first-order valence-electron chi connectivity index (χ1n) is 6.78. The number of carbonyl (C=O) groups is 1. The molecule has 0 aliphatic carbocycles. The zero-order chi connectivity index (χ0) is 14.3. The number of hydrogen-bond donors (Lipinski definition) is 2. The van der Waals surface area contributed by atoms with Crippen LogP contribution >= 0.6 is 11.8 Å². The van der Waals surface area contributed by atoms with E-state index in [0.29, 0.717) is 11.6 Å². The molecule has 0 spiro atoms. The van der Waals surface area contributed by atoms with Gasteiger partial charge in [-0.2, -0.15) is 11.8 Å². The van der Waals surface area contributed by atoms with Crippen molar-refractivity contribution in [2.24, 2.45) is 0 Å². The van der Waals surface area contributed by atoms with Crippen molar-refractivity contribution in [3.05, 3.63) is 29.8 Å². The molecular formula is C15H24N2OS. The highest BCUT2D eigenvalue weighted by Crippen LogP contribution is 2.16. The zero-order valence-electron chi connectivity index (χ0n) is 12.2. The molecule has 1 aromatic carbocycles. The minimum absolute atomic E-state index is 0.00652. The number of para-hydroxylation sites is 1. The lowest BCUT2D eigenvalue weighted by Crippen LogP contribution is -2.34. The predicted octanol–water partition coefficient (Wildman–Crippen LogP) is 3.38. The second kappa shape index (κ2) is 8.10. The Kier molecular flexibility index (Phi) is 6.78. The molecule has 0 heterocycles. The summed E-state index contributed by atoms with van der Waals surface area (Å²) >= 11 is 1.84. The van der Waals surface area contributed by atoms with Gasteiger partial charge in [-0.3, -0.25) is 4.79 Å². The van der Waals surface area contributed by atoms with Crippen molar-refractivity contribution in [3.63, 3.8) is 0 Å². The van der Waals surface area contributed by atoms with E-state index in [1.807, 2.05) is 43.0 Å². The quantitative estimate of drug-likeness (QED) is 0.804. The van der Waals surface area contributed by atoms with Crippen LogP contribution in [0.2, 0.25) is 0 Å². The highest BCUT2D eigenvalue weighted by atomic mass is 32.2. The summed E-state index contributed by atoms with van der Waals surface area (Å²) in [5.41, 5.74) is 1.61. The second-order valence-electron chi connectivity index (χ2n) is 4.88. The fraction of sp³-hybridized carbons (Fsp3) is 0.533. The van der Waals surface area contributed by atoms with Crippen molar-refractivity contribution in [1.29, 1.82) is 0 Å². The summed E-state index contributed by atoms with van der Waals surface area (Å²) in [7, 11) is 0. The first-order valence-corrected chi connectivity index (χ1v) is 7.94. The molecule has 0 aliphatic rings. The van der Waals surface area contributed by atoms with Crippen LogP contribution in [0.5, 0.6) is 0 Å². The average Bonchev–Trinajstić information content (AvgIpc) is 2.36. The molecule has 1 amide bonds. The van der Waals surface area contributed by atoms with Crippen LogP contribution in [0.25, 0.3) is 0 Å². The molecule has 3 nitrogen and oxygen atoms in total. The standard InChI is InChI=1S/C15H24N2OS/c1-5-19-10-12(4)17-15(18)13-8-6-7-9-14(13)16-11(2)3/h6-9,11-12,16H,5,10H2,1-4H3,(H,17,18). The van der Waals surface area contributed by atoms with E-state index in [9.17, 15) is 4.79 Å². The number of benzene rings is 1. The normalized spacial score (nSPS) is 12.3. The van der Waals surface area contributed by atoms with Gasteiger partial charge in [-0.1, -0.05) is 19.1 Å². The van der Waals surface area contributed by atoms with Crippen molar-refractivity contribution in [1.82, 2.24) is 5.32 Å². The maximum absolute atomic E-state index is 12.3. The van der Waals surface area contributed by atoms with Crippen molar-refractivity contribution in [2.45, 2.75) is 39.8 Å². The lowest BCUT2D eigenvalue weighted by Gasteiger charge is -2.17.